The molecule has 4 aromatic rings. The number of carbonyl (C=O) groups is 1. The van der Waals surface area contributed by atoms with Crippen LogP contribution in [0.2, 0.25) is 0 Å². The van der Waals surface area contributed by atoms with Gasteiger partial charge in [-0.3, -0.25) is 0 Å². The minimum absolute atomic E-state index is 0.196. The second kappa shape index (κ2) is 9.77. The Kier molecular flexibility index (Phi) is 6.61. The first kappa shape index (κ1) is 23.0. The molecular formula is C25H17BrFN3O4. The number of halogens is 2. The molecule has 1 heterocycles. The van der Waals surface area contributed by atoms with Crippen LogP contribution in [0.1, 0.15) is 27.3 Å². The smallest absolute Gasteiger partial charge is 0.335 e. The molecule has 4 rings (SSSR count). The number of hydrogen-bond acceptors (Lipinski definition) is 5. The van der Waals surface area contributed by atoms with Gasteiger partial charge < -0.3 is 19.6 Å². The number of aromatic nitrogens is 2. The summed E-state index contributed by atoms with van der Waals surface area (Å²) in [6.07, 6.45) is 1.63. The molecule has 0 aliphatic carbocycles. The average molecular weight is 522 g/mol. The molecule has 9 heteroatoms. The van der Waals surface area contributed by atoms with Crippen molar-refractivity contribution >= 4 is 44.6 Å². The van der Waals surface area contributed by atoms with Crippen molar-refractivity contribution in [1.82, 2.24) is 9.97 Å². The fourth-order valence-electron chi connectivity index (χ4n) is 3.29. The van der Waals surface area contributed by atoms with Gasteiger partial charge in [-0.2, -0.15) is 5.26 Å². The van der Waals surface area contributed by atoms with Crippen LogP contribution in [0.25, 0.3) is 22.7 Å². The molecule has 0 amide bonds. The van der Waals surface area contributed by atoms with Crippen LogP contribution in [-0.4, -0.2) is 28.2 Å². The monoisotopic (exact) mass is 521 g/mol. The zero-order valence-electron chi connectivity index (χ0n) is 17.8. The molecule has 0 fully saturated rings. The van der Waals surface area contributed by atoms with E-state index in [0.717, 1.165) is 5.56 Å². The molecule has 170 valence electrons. The molecule has 3 aromatic carbocycles. The van der Waals surface area contributed by atoms with E-state index in [4.69, 9.17) is 14.6 Å². The molecule has 0 saturated heterocycles. The fourth-order valence-corrected chi connectivity index (χ4v) is 3.87. The Labute approximate surface area is 202 Å². The topological polar surface area (TPSA) is 108 Å². The van der Waals surface area contributed by atoms with Crippen LogP contribution in [0.4, 0.5) is 4.39 Å². The molecule has 0 aliphatic heterocycles. The van der Waals surface area contributed by atoms with Gasteiger partial charge in [-0.05, 0) is 75.6 Å². The van der Waals surface area contributed by atoms with Crippen molar-refractivity contribution in [1.29, 1.82) is 5.26 Å². The minimum Gasteiger partial charge on any atom is -0.493 e. The number of methoxy groups -OCH3 is 1. The van der Waals surface area contributed by atoms with Gasteiger partial charge in [0.25, 0.3) is 0 Å². The highest BCUT2D eigenvalue weighted by Gasteiger charge is 2.14. The van der Waals surface area contributed by atoms with Crippen LogP contribution in [-0.2, 0) is 6.61 Å². The third-order valence-corrected chi connectivity index (χ3v) is 5.56. The molecule has 0 spiro atoms. The summed E-state index contributed by atoms with van der Waals surface area (Å²) < 4.78 is 25.5. The largest absolute Gasteiger partial charge is 0.493 e. The predicted molar refractivity (Wildman–Crippen MR) is 128 cm³/mol. The summed E-state index contributed by atoms with van der Waals surface area (Å²) in [7, 11) is 1.50. The van der Waals surface area contributed by atoms with Crippen molar-refractivity contribution < 1.29 is 23.8 Å². The highest BCUT2D eigenvalue weighted by atomic mass is 79.9. The number of hydrogen-bond donors (Lipinski definition) is 2. The summed E-state index contributed by atoms with van der Waals surface area (Å²) in [4.78, 5) is 18.3. The van der Waals surface area contributed by atoms with Crippen LogP contribution in [0.15, 0.2) is 59.1 Å². The molecule has 1 aromatic heterocycles. The van der Waals surface area contributed by atoms with Crippen molar-refractivity contribution in [3.05, 3.63) is 87.4 Å². The minimum atomic E-state index is -0.993. The number of benzene rings is 3. The Morgan fingerprint density at radius 1 is 1.24 bits per heavy atom. The molecule has 0 radical (unpaired) electrons. The van der Waals surface area contributed by atoms with E-state index in [-0.39, 0.29) is 17.7 Å². The van der Waals surface area contributed by atoms with E-state index < -0.39 is 11.8 Å². The maximum absolute atomic E-state index is 13.5. The van der Waals surface area contributed by atoms with E-state index in [1.165, 1.54) is 31.4 Å². The predicted octanol–water partition coefficient (Wildman–Crippen LogP) is 5.81. The molecular weight excluding hydrogens is 505 g/mol. The molecule has 0 aliphatic rings. The summed E-state index contributed by atoms with van der Waals surface area (Å²) in [5.41, 5.74) is 2.95. The lowest BCUT2D eigenvalue weighted by molar-refractivity contribution is 0.0697. The Bertz CT molecular complexity index is 1460. The number of imidazole rings is 1. The third-order valence-electron chi connectivity index (χ3n) is 4.97. The Morgan fingerprint density at radius 2 is 2.00 bits per heavy atom. The number of fused-ring (bicyclic) bond motifs is 1. The molecule has 0 bridgehead atoms. The quantitative estimate of drug-likeness (QED) is 0.297. The van der Waals surface area contributed by atoms with Gasteiger partial charge in [0.1, 0.15) is 24.3 Å². The molecule has 0 saturated carbocycles. The first-order valence-corrected chi connectivity index (χ1v) is 10.8. The van der Waals surface area contributed by atoms with Crippen LogP contribution in [0.3, 0.4) is 0 Å². The van der Waals surface area contributed by atoms with E-state index in [2.05, 4.69) is 32.0 Å². The van der Waals surface area contributed by atoms with Crippen molar-refractivity contribution in [2.75, 3.05) is 7.11 Å². The third kappa shape index (κ3) is 4.92. The van der Waals surface area contributed by atoms with Gasteiger partial charge in [0.2, 0.25) is 0 Å². The second-order valence-corrected chi connectivity index (χ2v) is 8.10. The number of aromatic amines is 1. The number of nitrogens with zero attached hydrogens (tertiary/aromatic N) is 2. The van der Waals surface area contributed by atoms with Gasteiger partial charge in [0.05, 0.1) is 33.8 Å². The number of nitriles is 1. The Balaban J connectivity index is 1.60. The number of nitrogens with one attached hydrogen (secondary N) is 1. The van der Waals surface area contributed by atoms with Gasteiger partial charge in [-0.1, -0.05) is 12.1 Å². The van der Waals surface area contributed by atoms with Crippen molar-refractivity contribution in [3.63, 3.8) is 0 Å². The molecule has 34 heavy (non-hydrogen) atoms. The molecule has 7 nitrogen and oxygen atoms in total. The summed E-state index contributed by atoms with van der Waals surface area (Å²) in [5, 5.41) is 18.7. The Hall–Kier alpha value is -4.16. The van der Waals surface area contributed by atoms with E-state index in [1.807, 2.05) is 0 Å². The van der Waals surface area contributed by atoms with E-state index in [0.29, 0.717) is 38.4 Å². The fraction of sp³-hybridized carbons (Fsp3) is 0.0800. The summed E-state index contributed by atoms with van der Waals surface area (Å²) in [5.74, 6) is -0.172. The average Bonchev–Trinajstić information content (AvgIpc) is 3.24. The van der Waals surface area contributed by atoms with E-state index in [1.54, 1.807) is 36.4 Å². The van der Waals surface area contributed by atoms with Crippen LogP contribution >= 0.6 is 15.9 Å². The number of carboxylic acid groups (broad SMARTS) is 1. The number of allylic oxidation sites excluding steroid dienone is 1. The van der Waals surface area contributed by atoms with E-state index >= 15 is 0 Å². The summed E-state index contributed by atoms with van der Waals surface area (Å²) >= 11 is 3.49. The van der Waals surface area contributed by atoms with Gasteiger partial charge >= 0.3 is 5.97 Å². The maximum atomic E-state index is 13.5. The van der Waals surface area contributed by atoms with Gasteiger partial charge in [0.15, 0.2) is 11.5 Å². The number of carboxylic acids is 1. The first-order chi connectivity index (χ1) is 16.4. The molecule has 0 unspecified atom stereocenters. The summed E-state index contributed by atoms with van der Waals surface area (Å²) in [6.45, 7) is 0.197. The Morgan fingerprint density at radius 3 is 2.68 bits per heavy atom. The maximum Gasteiger partial charge on any atom is 0.335 e. The lowest BCUT2D eigenvalue weighted by atomic mass is 10.1. The molecule has 0 atom stereocenters. The van der Waals surface area contributed by atoms with Gasteiger partial charge in [-0.15, -0.1) is 0 Å². The standard InChI is InChI=1S/C25H17BrFN3O4/c1-33-22-10-15(8-17(12-28)24-29-20-7-6-18(27)11-21(20)30-24)9-19(26)23(22)34-13-14-2-4-16(5-3-14)25(31)32/h2-11H,13H2,1H3,(H,29,30)(H,31,32)/b17-8-. The lowest BCUT2D eigenvalue weighted by Crippen LogP contribution is -2.01. The number of aromatic carboxylic acids is 1. The van der Waals surface area contributed by atoms with Gasteiger partial charge in [0, 0.05) is 0 Å². The lowest BCUT2D eigenvalue weighted by Gasteiger charge is -2.14. The zero-order valence-corrected chi connectivity index (χ0v) is 19.4. The summed E-state index contributed by atoms with van der Waals surface area (Å²) in [6, 6.07) is 16.2. The first-order valence-electron chi connectivity index (χ1n) is 9.98. The van der Waals surface area contributed by atoms with Crippen molar-refractivity contribution in [3.8, 4) is 17.6 Å². The normalized spacial score (nSPS) is 11.3. The molecule has 2 N–H and O–H groups in total. The second-order valence-electron chi connectivity index (χ2n) is 7.24. The van der Waals surface area contributed by atoms with Crippen LogP contribution < -0.4 is 9.47 Å². The number of rotatable bonds is 7. The van der Waals surface area contributed by atoms with Gasteiger partial charge in [-0.25, -0.2) is 14.2 Å². The van der Waals surface area contributed by atoms with E-state index in [9.17, 15) is 14.4 Å². The van der Waals surface area contributed by atoms with Crippen LogP contribution in [0, 0.1) is 17.1 Å². The zero-order chi connectivity index (χ0) is 24.2. The van der Waals surface area contributed by atoms with Crippen molar-refractivity contribution in [2.45, 2.75) is 6.61 Å². The number of ether oxygens (including phenoxy) is 2. The van der Waals surface area contributed by atoms with Crippen LogP contribution in [0.5, 0.6) is 11.5 Å². The highest BCUT2D eigenvalue weighted by molar-refractivity contribution is 9.10. The van der Waals surface area contributed by atoms with Crippen molar-refractivity contribution in [2.24, 2.45) is 0 Å². The highest BCUT2D eigenvalue weighted by Crippen LogP contribution is 2.38. The number of H-pyrrole nitrogens is 1. The SMILES string of the molecule is COc1cc(/C=C(/C#N)c2nc3ccc(F)cc3[nH]2)cc(Br)c1OCc1ccc(C(=O)O)cc1.